The third kappa shape index (κ3) is 2.92. The quantitative estimate of drug-likeness (QED) is 0.865. The van der Waals surface area contributed by atoms with E-state index in [1.807, 2.05) is 10.9 Å². The molecule has 1 aliphatic heterocycles. The van der Waals surface area contributed by atoms with Gasteiger partial charge >= 0.3 is 0 Å². The molecule has 3 unspecified atom stereocenters. The van der Waals surface area contributed by atoms with E-state index in [0.29, 0.717) is 18.0 Å². The summed E-state index contributed by atoms with van der Waals surface area (Å²) in [4.78, 5) is 0. The van der Waals surface area contributed by atoms with Crippen molar-refractivity contribution in [1.82, 2.24) is 15.1 Å². The largest absolute Gasteiger partial charge is 0.379 e. The molecule has 1 saturated carbocycles. The predicted octanol–water partition coefficient (Wildman–Crippen LogP) is 1.47. The molecule has 1 aromatic rings. The second-order valence-electron chi connectivity index (χ2n) is 5.57. The van der Waals surface area contributed by atoms with Crippen molar-refractivity contribution in [2.45, 2.75) is 44.8 Å². The number of rotatable bonds is 4. The maximum Gasteiger partial charge on any atom is 0.0728 e. The molecule has 1 saturated heterocycles. The molecular weight excluding hydrogens is 240 g/mol. The lowest BCUT2D eigenvalue weighted by Crippen LogP contribution is -2.49. The number of ether oxygens (including phenoxy) is 1. The zero-order chi connectivity index (χ0) is 13.1. The molecule has 106 valence electrons. The molecule has 0 spiro atoms. The summed E-state index contributed by atoms with van der Waals surface area (Å²) in [6, 6.07) is 1.06. The number of nitrogens with one attached hydrogen (secondary N) is 2. The normalized spacial score (nSPS) is 31.5. The van der Waals surface area contributed by atoms with Crippen molar-refractivity contribution < 1.29 is 4.74 Å². The number of nitrogens with zero attached hydrogens (tertiary/aromatic N) is 2. The monoisotopic (exact) mass is 264 g/mol. The number of morpholine rings is 1. The Bertz CT molecular complexity index is 400. The molecule has 19 heavy (non-hydrogen) atoms. The van der Waals surface area contributed by atoms with Crippen LogP contribution in [0.15, 0.2) is 12.4 Å². The number of hydrogen-bond donors (Lipinski definition) is 2. The minimum Gasteiger partial charge on any atom is -0.379 e. The predicted molar refractivity (Wildman–Crippen MR) is 75.3 cm³/mol. The molecule has 3 rings (SSSR count). The highest BCUT2D eigenvalue weighted by atomic mass is 16.5. The van der Waals surface area contributed by atoms with Gasteiger partial charge < -0.3 is 15.4 Å². The average molecular weight is 264 g/mol. The van der Waals surface area contributed by atoms with Crippen LogP contribution in [-0.2, 0) is 11.3 Å². The Morgan fingerprint density at radius 1 is 1.53 bits per heavy atom. The molecular formula is C14H24N4O. The maximum absolute atomic E-state index is 5.61. The van der Waals surface area contributed by atoms with Gasteiger partial charge in [-0.1, -0.05) is 6.42 Å². The zero-order valence-corrected chi connectivity index (χ0v) is 11.6. The van der Waals surface area contributed by atoms with Crippen LogP contribution in [0.1, 0.15) is 26.2 Å². The van der Waals surface area contributed by atoms with Gasteiger partial charge in [0.1, 0.15) is 0 Å². The second-order valence-corrected chi connectivity index (χ2v) is 5.57. The topological polar surface area (TPSA) is 51.1 Å². The first kappa shape index (κ1) is 12.9. The van der Waals surface area contributed by atoms with E-state index >= 15 is 0 Å². The molecule has 0 radical (unpaired) electrons. The molecule has 0 aromatic carbocycles. The molecule has 0 bridgehead atoms. The first-order valence-electron chi connectivity index (χ1n) is 7.47. The molecule has 5 nitrogen and oxygen atoms in total. The minimum atomic E-state index is 0.509. The van der Waals surface area contributed by atoms with Gasteiger partial charge in [-0.2, -0.15) is 5.10 Å². The minimum absolute atomic E-state index is 0.509. The van der Waals surface area contributed by atoms with Crippen molar-refractivity contribution in [1.29, 1.82) is 0 Å². The van der Waals surface area contributed by atoms with Crippen LogP contribution in [0.5, 0.6) is 0 Å². The first-order valence-corrected chi connectivity index (χ1v) is 7.47. The van der Waals surface area contributed by atoms with Gasteiger partial charge in [-0.05, 0) is 25.7 Å². The first-order chi connectivity index (χ1) is 9.36. The highest BCUT2D eigenvalue weighted by Gasteiger charge is 2.34. The molecule has 2 fully saturated rings. The van der Waals surface area contributed by atoms with Crippen molar-refractivity contribution >= 4 is 5.69 Å². The molecule has 3 atom stereocenters. The standard InChI is InChI=1S/C14H24N4O/c1-2-18-9-11(8-16-18)17-13-5-3-4-12(13)14-10-19-7-6-15-14/h8-9,12-15,17H,2-7,10H2,1H3. The summed E-state index contributed by atoms with van der Waals surface area (Å²) in [6.45, 7) is 5.73. The maximum atomic E-state index is 5.61. The highest BCUT2D eigenvalue weighted by molar-refractivity contribution is 5.40. The van der Waals surface area contributed by atoms with Crippen molar-refractivity contribution in [3.05, 3.63) is 12.4 Å². The van der Waals surface area contributed by atoms with E-state index in [1.165, 1.54) is 19.3 Å². The lowest BCUT2D eigenvalue weighted by Gasteiger charge is -2.33. The Morgan fingerprint density at radius 2 is 2.47 bits per heavy atom. The van der Waals surface area contributed by atoms with Gasteiger partial charge in [-0.3, -0.25) is 4.68 Å². The number of aromatic nitrogens is 2. The zero-order valence-electron chi connectivity index (χ0n) is 11.6. The van der Waals surface area contributed by atoms with Crippen LogP contribution < -0.4 is 10.6 Å². The van der Waals surface area contributed by atoms with E-state index in [0.717, 1.165) is 32.0 Å². The second kappa shape index (κ2) is 5.92. The van der Waals surface area contributed by atoms with E-state index in [1.54, 1.807) is 0 Å². The number of anilines is 1. The summed E-state index contributed by atoms with van der Waals surface area (Å²) < 4.78 is 7.57. The SMILES string of the molecule is CCn1cc(NC2CCCC2C2COCCN2)cn1. The van der Waals surface area contributed by atoms with E-state index < -0.39 is 0 Å². The number of hydrogen-bond acceptors (Lipinski definition) is 4. The van der Waals surface area contributed by atoms with E-state index in [4.69, 9.17) is 4.74 Å². The molecule has 5 heteroatoms. The summed E-state index contributed by atoms with van der Waals surface area (Å²) in [5.74, 6) is 0.672. The van der Waals surface area contributed by atoms with Gasteiger partial charge in [0.15, 0.2) is 0 Å². The fraction of sp³-hybridized carbons (Fsp3) is 0.786. The van der Waals surface area contributed by atoms with E-state index in [2.05, 4.69) is 28.9 Å². The fourth-order valence-corrected chi connectivity index (χ4v) is 3.34. The van der Waals surface area contributed by atoms with Crippen LogP contribution in [0.25, 0.3) is 0 Å². The third-order valence-corrected chi connectivity index (χ3v) is 4.35. The molecule has 2 aliphatic rings. The van der Waals surface area contributed by atoms with Crippen molar-refractivity contribution in [2.75, 3.05) is 25.1 Å². The summed E-state index contributed by atoms with van der Waals surface area (Å²) in [5, 5.41) is 11.6. The van der Waals surface area contributed by atoms with Crippen LogP contribution in [-0.4, -0.2) is 41.6 Å². The van der Waals surface area contributed by atoms with Gasteiger partial charge in [0, 0.05) is 31.4 Å². The Hall–Kier alpha value is -1.07. The summed E-state index contributed by atoms with van der Waals surface area (Å²) in [5.41, 5.74) is 1.15. The number of aryl methyl sites for hydroxylation is 1. The third-order valence-electron chi connectivity index (χ3n) is 4.35. The Labute approximate surface area is 114 Å². The van der Waals surface area contributed by atoms with E-state index in [9.17, 15) is 0 Å². The van der Waals surface area contributed by atoms with Gasteiger partial charge in [-0.15, -0.1) is 0 Å². The van der Waals surface area contributed by atoms with Crippen LogP contribution in [0.2, 0.25) is 0 Å². The van der Waals surface area contributed by atoms with Crippen LogP contribution in [0.4, 0.5) is 5.69 Å². The molecule has 1 aliphatic carbocycles. The smallest absolute Gasteiger partial charge is 0.0728 e. The van der Waals surface area contributed by atoms with Gasteiger partial charge in [0.2, 0.25) is 0 Å². The Balaban J connectivity index is 1.62. The van der Waals surface area contributed by atoms with Crippen molar-refractivity contribution in [3.63, 3.8) is 0 Å². The van der Waals surface area contributed by atoms with Crippen LogP contribution in [0, 0.1) is 5.92 Å². The van der Waals surface area contributed by atoms with Crippen molar-refractivity contribution in [2.24, 2.45) is 5.92 Å². The van der Waals surface area contributed by atoms with Gasteiger partial charge in [0.25, 0.3) is 0 Å². The molecule has 2 N–H and O–H groups in total. The van der Waals surface area contributed by atoms with Gasteiger partial charge in [0.05, 0.1) is 25.1 Å². The van der Waals surface area contributed by atoms with Crippen molar-refractivity contribution in [3.8, 4) is 0 Å². The fourth-order valence-electron chi connectivity index (χ4n) is 3.34. The lowest BCUT2D eigenvalue weighted by molar-refractivity contribution is 0.0559. The molecule has 2 heterocycles. The van der Waals surface area contributed by atoms with Gasteiger partial charge in [-0.25, -0.2) is 0 Å². The molecule has 1 aromatic heterocycles. The van der Waals surface area contributed by atoms with Crippen LogP contribution in [0.3, 0.4) is 0 Å². The lowest BCUT2D eigenvalue weighted by atomic mass is 9.94. The van der Waals surface area contributed by atoms with E-state index in [-0.39, 0.29) is 0 Å². The summed E-state index contributed by atoms with van der Waals surface area (Å²) in [7, 11) is 0. The molecule has 0 amide bonds. The summed E-state index contributed by atoms with van der Waals surface area (Å²) >= 11 is 0. The Morgan fingerprint density at radius 3 is 3.21 bits per heavy atom. The van der Waals surface area contributed by atoms with Crippen LogP contribution >= 0.6 is 0 Å². The average Bonchev–Trinajstić information content (AvgIpc) is 3.09. The highest BCUT2D eigenvalue weighted by Crippen LogP contribution is 2.31. The Kier molecular flexibility index (Phi) is 4.03. The summed E-state index contributed by atoms with van der Waals surface area (Å²) in [6.07, 6.45) is 7.88.